The SMILES string of the molecule is O=C(NCCSC(F)(F)F)NC1CCCC1C(=O)O. The maximum atomic E-state index is 11.8. The van der Waals surface area contributed by atoms with E-state index in [9.17, 15) is 22.8 Å². The van der Waals surface area contributed by atoms with E-state index in [1.807, 2.05) is 0 Å². The molecule has 0 aromatic heterocycles. The average molecular weight is 300 g/mol. The van der Waals surface area contributed by atoms with Crippen LogP contribution in [-0.4, -0.2) is 41.0 Å². The normalized spacial score (nSPS) is 23.1. The first-order chi connectivity index (χ1) is 8.79. The summed E-state index contributed by atoms with van der Waals surface area (Å²) in [4.78, 5) is 22.3. The standard InChI is InChI=1S/C10H15F3N2O3S/c11-10(12,13)19-5-4-14-9(18)15-7-3-1-2-6(7)8(16)17/h6-7H,1-5H2,(H,16,17)(H2,14,15,18). The number of nitrogens with one attached hydrogen (secondary N) is 2. The van der Waals surface area contributed by atoms with Crippen molar-refractivity contribution in [3.05, 3.63) is 0 Å². The molecule has 0 saturated heterocycles. The quantitative estimate of drug-likeness (QED) is 0.676. The van der Waals surface area contributed by atoms with Crippen LogP contribution in [0.5, 0.6) is 0 Å². The average Bonchev–Trinajstić information content (AvgIpc) is 2.71. The summed E-state index contributed by atoms with van der Waals surface area (Å²) >= 11 is -0.213. The summed E-state index contributed by atoms with van der Waals surface area (Å²) in [6, 6.07) is -1.08. The lowest BCUT2D eigenvalue weighted by atomic mass is 10.0. The fourth-order valence-electron chi connectivity index (χ4n) is 1.98. The molecule has 0 aliphatic heterocycles. The van der Waals surface area contributed by atoms with Gasteiger partial charge in [-0.1, -0.05) is 6.42 Å². The van der Waals surface area contributed by atoms with E-state index in [-0.39, 0.29) is 24.1 Å². The number of halogens is 3. The van der Waals surface area contributed by atoms with Crippen LogP contribution in [-0.2, 0) is 4.79 Å². The monoisotopic (exact) mass is 300 g/mol. The van der Waals surface area contributed by atoms with E-state index in [1.54, 1.807) is 0 Å². The van der Waals surface area contributed by atoms with Gasteiger partial charge in [0, 0.05) is 18.3 Å². The molecule has 0 bridgehead atoms. The van der Waals surface area contributed by atoms with E-state index < -0.39 is 29.5 Å². The first-order valence-electron chi connectivity index (χ1n) is 5.77. The van der Waals surface area contributed by atoms with Gasteiger partial charge in [0.25, 0.3) is 0 Å². The van der Waals surface area contributed by atoms with Crippen molar-refractivity contribution in [1.29, 1.82) is 0 Å². The van der Waals surface area contributed by atoms with Crippen molar-refractivity contribution in [3.63, 3.8) is 0 Å². The minimum Gasteiger partial charge on any atom is -0.481 e. The second kappa shape index (κ2) is 6.88. The van der Waals surface area contributed by atoms with Gasteiger partial charge in [-0.3, -0.25) is 4.79 Å². The van der Waals surface area contributed by atoms with Crippen LogP contribution in [0.1, 0.15) is 19.3 Å². The van der Waals surface area contributed by atoms with Gasteiger partial charge in [0.1, 0.15) is 0 Å². The Morgan fingerprint density at radius 1 is 1.32 bits per heavy atom. The number of carbonyl (C=O) groups is 2. The number of carboxylic acid groups (broad SMARTS) is 1. The minimum absolute atomic E-state index is 0.125. The Morgan fingerprint density at radius 2 is 2.00 bits per heavy atom. The summed E-state index contributed by atoms with van der Waals surface area (Å²) < 4.78 is 35.5. The molecule has 0 heterocycles. The number of hydrogen-bond donors (Lipinski definition) is 3. The number of carbonyl (C=O) groups excluding carboxylic acids is 1. The molecule has 1 saturated carbocycles. The molecule has 1 aliphatic rings. The topological polar surface area (TPSA) is 78.4 Å². The van der Waals surface area contributed by atoms with Crippen molar-refractivity contribution >= 4 is 23.8 Å². The molecule has 3 N–H and O–H groups in total. The fourth-order valence-corrected chi connectivity index (χ4v) is 2.41. The lowest BCUT2D eigenvalue weighted by molar-refractivity contribution is -0.142. The van der Waals surface area contributed by atoms with Gasteiger partial charge in [-0.2, -0.15) is 13.2 Å². The molecule has 110 valence electrons. The molecule has 2 amide bonds. The van der Waals surface area contributed by atoms with Crippen molar-refractivity contribution < 1.29 is 27.9 Å². The second-order valence-corrected chi connectivity index (χ2v) is 5.34. The number of thioether (sulfide) groups is 1. The molecule has 1 aliphatic carbocycles. The molecule has 1 fully saturated rings. The highest BCUT2D eigenvalue weighted by Crippen LogP contribution is 2.29. The Kier molecular flexibility index (Phi) is 5.77. The number of rotatable bonds is 5. The largest absolute Gasteiger partial charge is 0.481 e. The first-order valence-corrected chi connectivity index (χ1v) is 6.76. The van der Waals surface area contributed by atoms with Gasteiger partial charge in [0.15, 0.2) is 0 Å². The molecular weight excluding hydrogens is 285 g/mol. The third kappa shape index (κ3) is 6.04. The summed E-state index contributed by atoms with van der Waals surface area (Å²) in [5, 5.41) is 13.7. The van der Waals surface area contributed by atoms with Crippen LogP contribution in [0.25, 0.3) is 0 Å². The molecule has 0 aromatic rings. The van der Waals surface area contributed by atoms with Gasteiger partial charge in [-0.15, -0.1) is 0 Å². The highest BCUT2D eigenvalue weighted by atomic mass is 32.2. The second-order valence-electron chi connectivity index (χ2n) is 4.18. The van der Waals surface area contributed by atoms with Crippen molar-refractivity contribution in [3.8, 4) is 0 Å². The summed E-state index contributed by atoms with van der Waals surface area (Å²) in [5.41, 5.74) is -4.31. The smallest absolute Gasteiger partial charge is 0.441 e. The maximum Gasteiger partial charge on any atom is 0.441 e. The zero-order chi connectivity index (χ0) is 14.5. The van der Waals surface area contributed by atoms with Gasteiger partial charge in [-0.05, 0) is 24.6 Å². The van der Waals surface area contributed by atoms with Crippen LogP contribution in [0.3, 0.4) is 0 Å². The maximum absolute atomic E-state index is 11.8. The van der Waals surface area contributed by atoms with Gasteiger partial charge >= 0.3 is 17.5 Å². The molecule has 19 heavy (non-hydrogen) atoms. The predicted octanol–water partition coefficient (Wildman–Crippen LogP) is 1.79. The fraction of sp³-hybridized carbons (Fsp3) is 0.800. The molecule has 0 aromatic carbocycles. The molecule has 1 rings (SSSR count). The number of carboxylic acids is 1. The van der Waals surface area contributed by atoms with Crippen molar-refractivity contribution in [2.45, 2.75) is 30.8 Å². The third-order valence-corrected chi connectivity index (χ3v) is 3.54. The molecule has 2 atom stereocenters. The van der Waals surface area contributed by atoms with E-state index in [0.717, 1.165) is 0 Å². The van der Waals surface area contributed by atoms with Crippen LogP contribution in [0.15, 0.2) is 0 Å². The molecule has 2 unspecified atom stereocenters. The molecule has 9 heteroatoms. The first kappa shape index (κ1) is 15.9. The summed E-state index contributed by atoms with van der Waals surface area (Å²) in [5.74, 6) is -1.85. The van der Waals surface area contributed by atoms with Crippen LogP contribution in [0.4, 0.5) is 18.0 Å². The molecule has 0 spiro atoms. The van der Waals surface area contributed by atoms with E-state index in [0.29, 0.717) is 19.3 Å². The number of hydrogen-bond acceptors (Lipinski definition) is 3. The van der Waals surface area contributed by atoms with Crippen LogP contribution >= 0.6 is 11.8 Å². The summed E-state index contributed by atoms with van der Waals surface area (Å²) in [7, 11) is 0. The summed E-state index contributed by atoms with van der Waals surface area (Å²) in [6.45, 7) is -0.125. The lowest BCUT2D eigenvalue weighted by Crippen LogP contribution is -2.45. The highest BCUT2D eigenvalue weighted by molar-refractivity contribution is 8.00. The minimum atomic E-state index is -4.31. The number of amides is 2. The molecule has 5 nitrogen and oxygen atoms in total. The third-order valence-electron chi connectivity index (χ3n) is 2.80. The predicted molar refractivity (Wildman–Crippen MR) is 63.8 cm³/mol. The van der Waals surface area contributed by atoms with E-state index >= 15 is 0 Å². The Balaban J connectivity index is 2.22. The number of aliphatic carboxylic acids is 1. The zero-order valence-corrected chi connectivity index (χ0v) is 10.8. The van der Waals surface area contributed by atoms with Crippen LogP contribution < -0.4 is 10.6 Å². The van der Waals surface area contributed by atoms with Crippen LogP contribution in [0.2, 0.25) is 0 Å². The Morgan fingerprint density at radius 3 is 2.58 bits per heavy atom. The number of alkyl halides is 3. The Bertz CT molecular complexity index is 338. The van der Waals surface area contributed by atoms with Crippen molar-refractivity contribution in [1.82, 2.24) is 10.6 Å². The van der Waals surface area contributed by atoms with E-state index in [1.165, 1.54) is 0 Å². The Hall–Kier alpha value is -1.12. The van der Waals surface area contributed by atoms with Crippen LogP contribution in [0, 0.1) is 5.92 Å². The van der Waals surface area contributed by atoms with Gasteiger partial charge in [-0.25, -0.2) is 4.79 Å². The van der Waals surface area contributed by atoms with Crippen molar-refractivity contribution in [2.24, 2.45) is 5.92 Å². The van der Waals surface area contributed by atoms with Gasteiger partial charge in [0.05, 0.1) is 5.92 Å². The molecule has 0 radical (unpaired) electrons. The van der Waals surface area contributed by atoms with Gasteiger partial charge in [0.2, 0.25) is 0 Å². The molecular formula is C10H15F3N2O3S. The van der Waals surface area contributed by atoms with Crippen molar-refractivity contribution in [2.75, 3.05) is 12.3 Å². The van der Waals surface area contributed by atoms with E-state index in [4.69, 9.17) is 5.11 Å². The lowest BCUT2D eigenvalue weighted by Gasteiger charge is -2.18. The summed E-state index contributed by atoms with van der Waals surface area (Å²) in [6.07, 6.45) is 1.79. The number of urea groups is 1. The zero-order valence-electron chi connectivity index (χ0n) is 10.00. The van der Waals surface area contributed by atoms with E-state index in [2.05, 4.69) is 10.6 Å². The highest BCUT2D eigenvalue weighted by Gasteiger charge is 2.33. The van der Waals surface area contributed by atoms with Gasteiger partial charge < -0.3 is 15.7 Å². The Labute approximate surface area is 112 Å².